The van der Waals surface area contributed by atoms with Gasteiger partial charge in [0, 0.05) is 5.92 Å². The molecule has 0 amide bonds. The Morgan fingerprint density at radius 2 is 2.12 bits per heavy atom. The molecule has 1 atom stereocenters. The second-order valence-corrected chi connectivity index (χ2v) is 3.74. The Bertz CT molecular complexity index is 369. The van der Waals surface area contributed by atoms with Gasteiger partial charge in [-0.2, -0.15) is 17.7 Å². The van der Waals surface area contributed by atoms with E-state index in [-0.39, 0.29) is 5.92 Å². The molecule has 0 aromatic rings. The maximum atomic E-state index is 12.4. The standard InChI is InChI=1S/C10H12F3NO2/c1-3-6(2)7-4-8(10(11,12)13)14(7)5-9(15)16/h4,6H,3,5H2,1-2H3/p+1. The molecular weight excluding hydrogens is 223 g/mol. The van der Waals surface area contributed by atoms with Crippen LogP contribution in [0.25, 0.3) is 0 Å². The van der Waals surface area contributed by atoms with Crippen molar-refractivity contribution in [3.63, 3.8) is 0 Å². The van der Waals surface area contributed by atoms with Gasteiger partial charge in [0.1, 0.15) is 0 Å². The average Bonchev–Trinajstić information content (AvgIpc) is 2.09. The van der Waals surface area contributed by atoms with Crippen LogP contribution in [0.5, 0.6) is 0 Å². The van der Waals surface area contributed by atoms with Crippen molar-refractivity contribution in [3.05, 3.63) is 11.8 Å². The Kier molecular flexibility index (Phi) is 3.40. The molecular formula is C10H13F3NO2+. The van der Waals surface area contributed by atoms with Crippen LogP contribution in [0, 0.1) is 5.92 Å². The fraction of sp³-hybridized carbons (Fsp3) is 0.600. The first-order valence-electron chi connectivity index (χ1n) is 4.92. The van der Waals surface area contributed by atoms with Gasteiger partial charge in [0.05, 0.1) is 6.08 Å². The van der Waals surface area contributed by atoms with E-state index in [1.54, 1.807) is 6.92 Å². The first-order chi connectivity index (χ1) is 7.27. The highest BCUT2D eigenvalue weighted by Crippen LogP contribution is 2.30. The van der Waals surface area contributed by atoms with Crippen LogP contribution in [0.3, 0.4) is 0 Å². The van der Waals surface area contributed by atoms with Gasteiger partial charge < -0.3 is 5.11 Å². The number of allylic oxidation sites excluding steroid dienone is 2. The fourth-order valence-corrected chi connectivity index (χ4v) is 1.53. The number of carbonyl (C=O) groups is 1. The van der Waals surface area contributed by atoms with Crippen molar-refractivity contribution < 1.29 is 27.6 Å². The number of alkyl halides is 3. The zero-order valence-electron chi connectivity index (χ0n) is 9.01. The summed E-state index contributed by atoms with van der Waals surface area (Å²) in [5.41, 5.74) is -0.428. The molecule has 0 spiro atoms. The number of carboxylic acid groups (broad SMARTS) is 1. The van der Waals surface area contributed by atoms with E-state index in [1.807, 2.05) is 6.92 Å². The number of hydrogen-bond donors (Lipinski definition) is 1. The van der Waals surface area contributed by atoms with E-state index in [0.29, 0.717) is 12.1 Å². The summed E-state index contributed by atoms with van der Waals surface area (Å²) in [4.78, 5) is 10.5. The quantitative estimate of drug-likeness (QED) is 0.759. The number of aliphatic carboxylic acids is 1. The highest BCUT2D eigenvalue weighted by molar-refractivity contribution is 5.99. The van der Waals surface area contributed by atoms with E-state index in [4.69, 9.17) is 5.11 Å². The summed E-state index contributed by atoms with van der Waals surface area (Å²) in [6.07, 6.45) is -2.78. The van der Waals surface area contributed by atoms with Crippen molar-refractivity contribution in [1.82, 2.24) is 0 Å². The highest BCUT2D eigenvalue weighted by atomic mass is 19.4. The Morgan fingerprint density at radius 3 is 2.50 bits per heavy atom. The molecule has 0 saturated carbocycles. The Balaban J connectivity index is 2.93. The molecule has 0 aliphatic carbocycles. The average molecular weight is 236 g/mol. The lowest BCUT2D eigenvalue weighted by molar-refractivity contribution is -0.494. The summed E-state index contributed by atoms with van der Waals surface area (Å²) in [6.45, 7) is 2.98. The molecule has 0 aromatic carbocycles. The summed E-state index contributed by atoms with van der Waals surface area (Å²) in [5.74, 6) is -1.33. The molecule has 0 aromatic heterocycles. The topological polar surface area (TPSA) is 40.3 Å². The van der Waals surface area contributed by atoms with Crippen molar-refractivity contribution >= 4 is 11.7 Å². The largest absolute Gasteiger partial charge is 0.477 e. The van der Waals surface area contributed by atoms with Gasteiger partial charge in [-0.05, 0) is 6.42 Å². The third-order valence-corrected chi connectivity index (χ3v) is 2.59. The van der Waals surface area contributed by atoms with Crippen molar-refractivity contribution in [2.24, 2.45) is 5.92 Å². The molecule has 0 fully saturated rings. The summed E-state index contributed by atoms with van der Waals surface area (Å²) >= 11 is 0. The van der Waals surface area contributed by atoms with Gasteiger partial charge in [0.15, 0.2) is 5.70 Å². The zero-order chi connectivity index (χ0) is 12.5. The first-order valence-corrected chi connectivity index (χ1v) is 4.92. The molecule has 1 aliphatic rings. The van der Waals surface area contributed by atoms with Crippen LogP contribution in [-0.4, -0.2) is 34.1 Å². The van der Waals surface area contributed by atoms with E-state index in [9.17, 15) is 18.0 Å². The monoisotopic (exact) mass is 236 g/mol. The van der Waals surface area contributed by atoms with Crippen LogP contribution >= 0.6 is 0 Å². The summed E-state index contributed by atoms with van der Waals surface area (Å²) < 4.78 is 38.1. The third-order valence-electron chi connectivity index (χ3n) is 2.59. The number of nitrogens with zero attached hydrogens (tertiary/aromatic N) is 1. The molecule has 1 N–H and O–H groups in total. The molecule has 1 unspecified atom stereocenters. The minimum absolute atomic E-state index is 0.0644. The molecule has 1 aliphatic heterocycles. The molecule has 0 saturated heterocycles. The van der Waals surface area contributed by atoms with Gasteiger partial charge in [-0.15, -0.1) is 0 Å². The molecule has 0 bridgehead atoms. The lowest BCUT2D eigenvalue weighted by atomic mass is 9.97. The predicted octanol–water partition coefficient (Wildman–Crippen LogP) is 2.03. The molecule has 6 heteroatoms. The van der Waals surface area contributed by atoms with E-state index in [2.05, 4.69) is 0 Å². The summed E-state index contributed by atoms with van der Waals surface area (Å²) in [7, 11) is 0. The first kappa shape index (κ1) is 12.7. The number of carboxylic acids is 1. The molecule has 1 rings (SSSR count). The Labute approximate surface area is 90.9 Å². The van der Waals surface area contributed by atoms with Crippen molar-refractivity contribution in [2.45, 2.75) is 26.4 Å². The van der Waals surface area contributed by atoms with Crippen molar-refractivity contribution in [1.29, 1.82) is 0 Å². The lowest BCUT2D eigenvalue weighted by Gasteiger charge is -2.21. The van der Waals surface area contributed by atoms with E-state index < -0.39 is 24.4 Å². The van der Waals surface area contributed by atoms with Gasteiger partial charge in [-0.1, -0.05) is 13.8 Å². The SMILES string of the molecule is CCC(C)C1=CC(C(F)(F)F)=[N+]1CC(=O)O. The maximum Gasteiger partial charge on any atom is 0.477 e. The van der Waals surface area contributed by atoms with Gasteiger partial charge in [-0.3, -0.25) is 0 Å². The normalized spacial score (nSPS) is 17.9. The van der Waals surface area contributed by atoms with Crippen LogP contribution < -0.4 is 0 Å². The molecule has 3 nitrogen and oxygen atoms in total. The predicted molar refractivity (Wildman–Crippen MR) is 51.4 cm³/mol. The Hall–Kier alpha value is -1.33. The molecule has 0 radical (unpaired) electrons. The highest BCUT2D eigenvalue weighted by Gasteiger charge is 2.50. The van der Waals surface area contributed by atoms with Crippen LogP contribution in [0.4, 0.5) is 13.2 Å². The van der Waals surface area contributed by atoms with Crippen LogP contribution in [-0.2, 0) is 4.79 Å². The molecule has 1 heterocycles. The minimum Gasteiger partial charge on any atom is -0.477 e. The number of rotatable bonds is 4. The third kappa shape index (κ3) is 2.43. The van der Waals surface area contributed by atoms with Gasteiger partial charge in [0.2, 0.25) is 6.54 Å². The van der Waals surface area contributed by atoms with Gasteiger partial charge >= 0.3 is 12.1 Å². The number of halogens is 3. The minimum atomic E-state index is -4.48. The Morgan fingerprint density at radius 1 is 1.56 bits per heavy atom. The maximum absolute atomic E-state index is 12.4. The van der Waals surface area contributed by atoms with Crippen LogP contribution in [0.1, 0.15) is 20.3 Å². The van der Waals surface area contributed by atoms with E-state index in [1.165, 1.54) is 0 Å². The van der Waals surface area contributed by atoms with Gasteiger partial charge in [0.25, 0.3) is 5.71 Å². The fourth-order valence-electron chi connectivity index (χ4n) is 1.53. The second-order valence-electron chi connectivity index (χ2n) is 3.74. The van der Waals surface area contributed by atoms with E-state index in [0.717, 1.165) is 10.7 Å². The second kappa shape index (κ2) is 4.27. The smallest absolute Gasteiger partial charge is 0.477 e. The molecule has 16 heavy (non-hydrogen) atoms. The van der Waals surface area contributed by atoms with Gasteiger partial charge in [-0.25, -0.2) is 4.79 Å². The zero-order valence-corrected chi connectivity index (χ0v) is 9.01. The van der Waals surface area contributed by atoms with E-state index >= 15 is 0 Å². The van der Waals surface area contributed by atoms with Crippen LogP contribution in [0.2, 0.25) is 0 Å². The van der Waals surface area contributed by atoms with Crippen molar-refractivity contribution in [2.75, 3.05) is 6.54 Å². The summed E-state index contributed by atoms with van der Waals surface area (Å²) in [5, 5.41) is 8.56. The molecule has 90 valence electrons. The summed E-state index contributed by atoms with van der Waals surface area (Å²) in [6, 6.07) is 0. The number of hydrogen-bond acceptors (Lipinski definition) is 1. The lowest BCUT2D eigenvalue weighted by Crippen LogP contribution is -2.42. The van der Waals surface area contributed by atoms with Crippen LogP contribution in [0.15, 0.2) is 11.8 Å². The van der Waals surface area contributed by atoms with Crippen molar-refractivity contribution in [3.8, 4) is 0 Å².